The molecule has 0 radical (unpaired) electrons. The SMILES string of the molecule is CC1(Cc2ccco2)CCC(c2ccoc2)O1. The summed E-state index contributed by atoms with van der Waals surface area (Å²) in [5.41, 5.74) is 1.01. The second-order valence-electron chi connectivity index (χ2n) is 4.91. The molecule has 2 aromatic rings. The average Bonchev–Trinajstić information content (AvgIpc) is 2.98. The summed E-state index contributed by atoms with van der Waals surface area (Å²) in [6.45, 7) is 2.15. The quantitative estimate of drug-likeness (QED) is 0.809. The van der Waals surface area contributed by atoms with E-state index in [-0.39, 0.29) is 11.7 Å². The molecule has 1 saturated heterocycles. The van der Waals surface area contributed by atoms with E-state index in [4.69, 9.17) is 13.6 Å². The van der Waals surface area contributed by atoms with Gasteiger partial charge in [0, 0.05) is 12.0 Å². The van der Waals surface area contributed by atoms with Crippen molar-refractivity contribution in [2.24, 2.45) is 0 Å². The number of hydrogen-bond acceptors (Lipinski definition) is 3. The Morgan fingerprint density at radius 2 is 2.29 bits per heavy atom. The predicted molar refractivity (Wildman–Crippen MR) is 62.6 cm³/mol. The van der Waals surface area contributed by atoms with Crippen LogP contribution in [0.5, 0.6) is 0 Å². The first-order valence-electron chi connectivity index (χ1n) is 5.97. The fraction of sp³-hybridized carbons (Fsp3) is 0.429. The summed E-state index contributed by atoms with van der Waals surface area (Å²) in [5.74, 6) is 0.986. The van der Waals surface area contributed by atoms with Crippen LogP contribution >= 0.6 is 0 Å². The Morgan fingerprint density at radius 3 is 3.00 bits per heavy atom. The molecule has 2 unspecified atom stereocenters. The van der Waals surface area contributed by atoms with E-state index < -0.39 is 0 Å². The van der Waals surface area contributed by atoms with E-state index in [0.29, 0.717) is 0 Å². The van der Waals surface area contributed by atoms with Gasteiger partial charge in [-0.2, -0.15) is 0 Å². The van der Waals surface area contributed by atoms with Crippen molar-refractivity contribution in [2.45, 2.75) is 37.9 Å². The van der Waals surface area contributed by atoms with Crippen molar-refractivity contribution < 1.29 is 13.6 Å². The van der Waals surface area contributed by atoms with Gasteiger partial charge in [0.05, 0.1) is 30.5 Å². The van der Waals surface area contributed by atoms with Crippen LogP contribution in [-0.2, 0) is 11.2 Å². The lowest BCUT2D eigenvalue weighted by molar-refractivity contribution is -0.0319. The Kier molecular flexibility index (Phi) is 2.56. The van der Waals surface area contributed by atoms with Crippen LogP contribution in [0.4, 0.5) is 0 Å². The minimum absolute atomic E-state index is 0.125. The predicted octanol–water partition coefficient (Wildman–Crippen LogP) is 3.73. The molecule has 3 heteroatoms. The van der Waals surface area contributed by atoms with Gasteiger partial charge in [0.1, 0.15) is 5.76 Å². The van der Waals surface area contributed by atoms with Crippen LogP contribution in [0, 0.1) is 0 Å². The smallest absolute Gasteiger partial charge is 0.106 e. The van der Waals surface area contributed by atoms with Gasteiger partial charge in [0.25, 0.3) is 0 Å². The molecule has 3 nitrogen and oxygen atoms in total. The van der Waals surface area contributed by atoms with Crippen molar-refractivity contribution in [1.82, 2.24) is 0 Å². The first-order valence-corrected chi connectivity index (χ1v) is 5.97. The van der Waals surface area contributed by atoms with Gasteiger partial charge in [-0.1, -0.05) is 0 Å². The molecule has 3 heterocycles. The third-order valence-corrected chi connectivity index (χ3v) is 3.41. The first kappa shape index (κ1) is 10.7. The van der Waals surface area contributed by atoms with Crippen LogP contribution in [0.2, 0.25) is 0 Å². The molecule has 90 valence electrons. The largest absolute Gasteiger partial charge is 0.472 e. The summed E-state index contributed by atoms with van der Waals surface area (Å²) < 4.78 is 16.6. The highest BCUT2D eigenvalue weighted by atomic mass is 16.5. The van der Waals surface area contributed by atoms with Crippen molar-refractivity contribution in [1.29, 1.82) is 0 Å². The monoisotopic (exact) mass is 232 g/mol. The number of ether oxygens (including phenoxy) is 1. The Bertz CT molecular complexity index is 458. The van der Waals surface area contributed by atoms with Crippen LogP contribution in [0.3, 0.4) is 0 Å². The van der Waals surface area contributed by atoms with Crippen molar-refractivity contribution in [3.05, 3.63) is 48.3 Å². The molecule has 1 aliphatic rings. The lowest BCUT2D eigenvalue weighted by Crippen LogP contribution is -2.26. The Labute approximate surface area is 100 Å². The van der Waals surface area contributed by atoms with Crippen LogP contribution in [-0.4, -0.2) is 5.60 Å². The Balaban J connectivity index is 1.70. The van der Waals surface area contributed by atoms with E-state index in [9.17, 15) is 0 Å². The third kappa shape index (κ3) is 2.15. The van der Waals surface area contributed by atoms with Crippen molar-refractivity contribution in [3.8, 4) is 0 Å². The fourth-order valence-corrected chi connectivity index (χ4v) is 2.50. The molecule has 2 aromatic heterocycles. The average molecular weight is 232 g/mol. The van der Waals surface area contributed by atoms with E-state index in [0.717, 1.165) is 30.6 Å². The molecule has 0 N–H and O–H groups in total. The molecule has 2 atom stereocenters. The van der Waals surface area contributed by atoms with E-state index in [2.05, 4.69) is 6.92 Å². The van der Waals surface area contributed by atoms with Gasteiger partial charge < -0.3 is 13.6 Å². The summed E-state index contributed by atoms with van der Waals surface area (Å²) in [6, 6.07) is 5.89. The van der Waals surface area contributed by atoms with Crippen molar-refractivity contribution >= 4 is 0 Å². The van der Waals surface area contributed by atoms with E-state index >= 15 is 0 Å². The minimum atomic E-state index is -0.125. The molecule has 0 aromatic carbocycles. The van der Waals surface area contributed by atoms with E-state index in [1.54, 1.807) is 18.8 Å². The molecule has 0 bridgehead atoms. The van der Waals surface area contributed by atoms with Gasteiger partial charge in [-0.15, -0.1) is 0 Å². The zero-order chi connectivity index (χ0) is 11.7. The molecule has 1 aliphatic heterocycles. The molecule has 0 amide bonds. The lowest BCUT2D eigenvalue weighted by Gasteiger charge is -2.23. The molecule has 0 spiro atoms. The second-order valence-corrected chi connectivity index (χ2v) is 4.91. The van der Waals surface area contributed by atoms with E-state index in [1.165, 1.54) is 0 Å². The van der Waals surface area contributed by atoms with Gasteiger partial charge in [0.2, 0.25) is 0 Å². The normalized spacial score (nSPS) is 28.6. The number of rotatable bonds is 3. The van der Waals surface area contributed by atoms with Gasteiger partial charge >= 0.3 is 0 Å². The molecular formula is C14H16O3. The van der Waals surface area contributed by atoms with Crippen LogP contribution < -0.4 is 0 Å². The van der Waals surface area contributed by atoms with Gasteiger partial charge in [0.15, 0.2) is 0 Å². The molecular weight excluding hydrogens is 216 g/mol. The number of furan rings is 2. The highest BCUT2D eigenvalue weighted by molar-refractivity contribution is 5.13. The maximum Gasteiger partial charge on any atom is 0.106 e. The molecule has 1 fully saturated rings. The van der Waals surface area contributed by atoms with Crippen LogP contribution in [0.15, 0.2) is 45.8 Å². The van der Waals surface area contributed by atoms with Gasteiger partial charge in [-0.05, 0) is 38.0 Å². The maximum absolute atomic E-state index is 6.15. The fourth-order valence-electron chi connectivity index (χ4n) is 2.50. The number of hydrogen-bond donors (Lipinski definition) is 0. The molecule has 0 aliphatic carbocycles. The second kappa shape index (κ2) is 4.08. The maximum atomic E-state index is 6.15. The van der Waals surface area contributed by atoms with Crippen LogP contribution in [0.25, 0.3) is 0 Å². The zero-order valence-electron chi connectivity index (χ0n) is 9.89. The summed E-state index contributed by atoms with van der Waals surface area (Å²) in [5, 5.41) is 0. The summed E-state index contributed by atoms with van der Waals surface area (Å²) >= 11 is 0. The lowest BCUT2D eigenvalue weighted by atomic mass is 9.96. The Hall–Kier alpha value is -1.48. The summed E-state index contributed by atoms with van der Waals surface area (Å²) in [7, 11) is 0. The Morgan fingerprint density at radius 1 is 1.35 bits per heavy atom. The standard InChI is InChI=1S/C14H16O3/c1-14(9-12-3-2-7-16-12)6-4-13(17-14)11-5-8-15-10-11/h2-3,5,7-8,10,13H,4,6,9H2,1H3. The first-order chi connectivity index (χ1) is 8.25. The molecule has 3 rings (SSSR count). The van der Waals surface area contributed by atoms with Crippen molar-refractivity contribution in [2.75, 3.05) is 0 Å². The summed E-state index contributed by atoms with van der Waals surface area (Å²) in [6.07, 6.45) is 8.24. The highest BCUT2D eigenvalue weighted by Crippen LogP contribution is 2.41. The van der Waals surface area contributed by atoms with Crippen molar-refractivity contribution in [3.63, 3.8) is 0 Å². The topological polar surface area (TPSA) is 35.5 Å². The third-order valence-electron chi connectivity index (χ3n) is 3.41. The molecule has 17 heavy (non-hydrogen) atoms. The minimum Gasteiger partial charge on any atom is -0.472 e. The van der Waals surface area contributed by atoms with Crippen LogP contribution in [0.1, 0.15) is 37.2 Å². The summed E-state index contributed by atoms with van der Waals surface area (Å²) in [4.78, 5) is 0. The van der Waals surface area contributed by atoms with Gasteiger partial charge in [-0.3, -0.25) is 0 Å². The zero-order valence-corrected chi connectivity index (χ0v) is 9.89. The van der Waals surface area contributed by atoms with Gasteiger partial charge in [-0.25, -0.2) is 0 Å². The van der Waals surface area contributed by atoms with E-state index in [1.807, 2.05) is 18.2 Å². The molecule has 0 saturated carbocycles. The highest BCUT2D eigenvalue weighted by Gasteiger charge is 2.37.